The Labute approximate surface area is 52.0 Å². The van der Waals surface area contributed by atoms with Gasteiger partial charge in [-0.05, 0) is 6.92 Å². The molecular weight excluding hydrogens is 94.9 g/mol. The number of hydrogen-bond acceptors (Lipinski definition) is 0. The highest BCUT2D eigenvalue weighted by Gasteiger charge is 1.70. The van der Waals surface area contributed by atoms with Gasteiger partial charge in [-0.3, -0.25) is 0 Å². The Morgan fingerprint density at radius 1 is 1.62 bits per heavy atom. The molecule has 1 heteroatoms. The first-order chi connectivity index (χ1) is 3.81. The monoisotopic (exact) mass is 104 g/mol. The highest BCUT2D eigenvalue weighted by Crippen LogP contribution is 1.87. The largest absolute Gasteiger partial charge is 0.113 e. The van der Waals surface area contributed by atoms with Crippen molar-refractivity contribution in [2.75, 3.05) is 0 Å². The topological polar surface area (TPSA) is 0 Å². The molecule has 0 aromatic carbocycles. The first-order valence-corrected chi connectivity index (χ1v) is 2.52. The van der Waals surface area contributed by atoms with Crippen LogP contribution in [0.25, 0.3) is 0 Å². The van der Waals surface area contributed by atoms with E-state index >= 15 is 0 Å². The number of rotatable bonds is 2. The molecule has 0 aliphatic carbocycles. The Morgan fingerprint density at radius 2 is 2.25 bits per heavy atom. The molecule has 0 aromatic rings. The second-order valence-corrected chi connectivity index (χ2v) is 1.38. The molecule has 40 valence electrons. The van der Waals surface area contributed by atoms with E-state index in [0.29, 0.717) is 0 Å². The van der Waals surface area contributed by atoms with E-state index in [1.807, 2.05) is 13.0 Å². The zero-order valence-electron chi connectivity index (χ0n) is 5.09. The van der Waals surface area contributed by atoms with E-state index in [0.717, 1.165) is 5.47 Å². The van der Waals surface area contributed by atoms with Gasteiger partial charge in [-0.15, -0.1) is 5.47 Å². The van der Waals surface area contributed by atoms with E-state index in [-0.39, 0.29) is 0 Å². The second-order valence-electron chi connectivity index (χ2n) is 1.38. The van der Waals surface area contributed by atoms with Crippen LogP contribution in [0.5, 0.6) is 0 Å². The van der Waals surface area contributed by atoms with Gasteiger partial charge in [-0.2, -0.15) is 0 Å². The highest BCUT2D eigenvalue weighted by molar-refractivity contribution is 6.23. The fraction of sp³-hybridized carbons (Fsp3) is 0.143. The van der Waals surface area contributed by atoms with Crippen LogP contribution in [0.1, 0.15) is 6.92 Å². The molecule has 0 aliphatic rings. The van der Waals surface area contributed by atoms with Gasteiger partial charge in [0.25, 0.3) is 0 Å². The first-order valence-electron chi connectivity index (χ1n) is 2.52. The molecular formula is C7H9B. The summed E-state index contributed by atoms with van der Waals surface area (Å²) in [6.07, 6.45) is 7.12. The summed E-state index contributed by atoms with van der Waals surface area (Å²) in [5.41, 5.74) is 0.768. The molecule has 8 heavy (non-hydrogen) atoms. The second kappa shape index (κ2) is 4.44. The minimum Gasteiger partial charge on any atom is -0.101 e. The van der Waals surface area contributed by atoms with E-state index < -0.39 is 0 Å². The molecule has 0 nitrogen and oxygen atoms in total. The summed E-state index contributed by atoms with van der Waals surface area (Å²) in [7, 11) is 5.39. The maximum Gasteiger partial charge on any atom is 0.113 e. The van der Waals surface area contributed by atoms with Crippen molar-refractivity contribution in [3.05, 3.63) is 36.4 Å². The molecule has 0 spiro atoms. The Morgan fingerprint density at radius 3 is 2.62 bits per heavy atom. The van der Waals surface area contributed by atoms with Crippen molar-refractivity contribution >= 4 is 7.85 Å². The third-order valence-electron chi connectivity index (χ3n) is 0.758. The summed E-state index contributed by atoms with van der Waals surface area (Å²) in [6, 6.07) is 0. The first kappa shape index (κ1) is 7.28. The smallest absolute Gasteiger partial charge is 0.101 e. The van der Waals surface area contributed by atoms with Crippen LogP contribution in [0, 0.1) is 0 Å². The lowest BCUT2D eigenvalue weighted by molar-refractivity contribution is 1.69. The minimum absolute atomic E-state index is 0.768. The van der Waals surface area contributed by atoms with Crippen molar-refractivity contribution in [1.29, 1.82) is 0 Å². The van der Waals surface area contributed by atoms with Crippen LogP contribution in [-0.4, -0.2) is 7.85 Å². The molecule has 0 saturated carbocycles. The van der Waals surface area contributed by atoms with Crippen LogP contribution in [0.3, 0.4) is 0 Å². The SMILES string of the molecule is [B]C(/C=C\C=C)=C\C. The molecule has 2 radical (unpaired) electrons. The summed E-state index contributed by atoms with van der Waals surface area (Å²) >= 11 is 0. The molecule has 0 amide bonds. The van der Waals surface area contributed by atoms with Crippen LogP contribution < -0.4 is 0 Å². The normalized spacial score (nSPS) is 12.4. The zero-order chi connectivity index (χ0) is 6.41. The molecule has 0 atom stereocenters. The van der Waals surface area contributed by atoms with Gasteiger partial charge in [0.05, 0.1) is 0 Å². The van der Waals surface area contributed by atoms with E-state index in [1.165, 1.54) is 0 Å². The molecule has 0 fully saturated rings. The van der Waals surface area contributed by atoms with Crippen molar-refractivity contribution in [2.45, 2.75) is 6.92 Å². The van der Waals surface area contributed by atoms with Crippen LogP contribution >= 0.6 is 0 Å². The van der Waals surface area contributed by atoms with Gasteiger partial charge in [0.15, 0.2) is 0 Å². The number of allylic oxidation sites excluding steroid dienone is 5. The molecule has 0 rings (SSSR count). The van der Waals surface area contributed by atoms with Gasteiger partial charge in [0, 0.05) is 0 Å². The Balaban J connectivity index is 3.69. The molecule has 0 heterocycles. The maximum absolute atomic E-state index is 5.39. The number of hydrogen-bond donors (Lipinski definition) is 0. The lowest BCUT2D eigenvalue weighted by Gasteiger charge is -1.82. The lowest BCUT2D eigenvalue weighted by atomic mass is 9.95. The fourth-order valence-electron chi connectivity index (χ4n) is 0.275. The molecule has 0 saturated heterocycles. The van der Waals surface area contributed by atoms with Crippen molar-refractivity contribution in [1.82, 2.24) is 0 Å². The van der Waals surface area contributed by atoms with Gasteiger partial charge in [0.1, 0.15) is 7.85 Å². The van der Waals surface area contributed by atoms with E-state index in [4.69, 9.17) is 7.85 Å². The quantitative estimate of drug-likeness (QED) is 0.370. The van der Waals surface area contributed by atoms with Gasteiger partial charge < -0.3 is 0 Å². The summed E-state index contributed by atoms with van der Waals surface area (Å²) < 4.78 is 0. The summed E-state index contributed by atoms with van der Waals surface area (Å²) in [5.74, 6) is 0. The minimum atomic E-state index is 0.768. The van der Waals surface area contributed by atoms with Crippen LogP contribution in [-0.2, 0) is 0 Å². The Kier molecular flexibility index (Phi) is 4.05. The highest BCUT2D eigenvalue weighted by atomic mass is 13.7. The Hall–Kier alpha value is -0.715. The standard InChI is InChI=1S/C7H9B/c1-3-5-6-7(8)4-2/h3-6H,1H2,2H3/b6-5-,7-4-. The summed E-state index contributed by atoms with van der Waals surface area (Å²) in [6.45, 7) is 5.39. The summed E-state index contributed by atoms with van der Waals surface area (Å²) in [4.78, 5) is 0. The van der Waals surface area contributed by atoms with Gasteiger partial charge >= 0.3 is 0 Å². The molecule has 0 aliphatic heterocycles. The molecule has 0 unspecified atom stereocenters. The predicted octanol–water partition coefficient (Wildman–Crippen LogP) is 1.80. The average Bonchev–Trinajstić information content (AvgIpc) is 1.83. The molecule has 0 N–H and O–H groups in total. The average molecular weight is 104 g/mol. The maximum atomic E-state index is 5.39. The van der Waals surface area contributed by atoms with Crippen molar-refractivity contribution in [3.8, 4) is 0 Å². The van der Waals surface area contributed by atoms with Crippen LogP contribution in [0.15, 0.2) is 36.4 Å². The van der Waals surface area contributed by atoms with E-state index in [2.05, 4.69) is 6.58 Å². The van der Waals surface area contributed by atoms with Crippen molar-refractivity contribution < 1.29 is 0 Å². The lowest BCUT2D eigenvalue weighted by Crippen LogP contribution is -1.69. The van der Waals surface area contributed by atoms with Gasteiger partial charge in [0.2, 0.25) is 0 Å². The van der Waals surface area contributed by atoms with Crippen molar-refractivity contribution in [2.24, 2.45) is 0 Å². The Bertz CT molecular complexity index is 120. The zero-order valence-corrected chi connectivity index (χ0v) is 5.09. The van der Waals surface area contributed by atoms with Crippen LogP contribution in [0.4, 0.5) is 0 Å². The van der Waals surface area contributed by atoms with Crippen molar-refractivity contribution in [3.63, 3.8) is 0 Å². The molecule has 0 aromatic heterocycles. The van der Waals surface area contributed by atoms with E-state index in [9.17, 15) is 0 Å². The predicted molar refractivity (Wildman–Crippen MR) is 38.8 cm³/mol. The fourth-order valence-corrected chi connectivity index (χ4v) is 0.275. The van der Waals surface area contributed by atoms with Gasteiger partial charge in [-0.25, -0.2) is 0 Å². The molecule has 0 bridgehead atoms. The van der Waals surface area contributed by atoms with Crippen LogP contribution in [0.2, 0.25) is 0 Å². The summed E-state index contributed by atoms with van der Waals surface area (Å²) in [5, 5.41) is 0. The third kappa shape index (κ3) is 3.47. The third-order valence-corrected chi connectivity index (χ3v) is 0.758. The van der Waals surface area contributed by atoms with Gasteiger partial charge in [-0.1, -0.05) is 30.9 Å². The van der Waals surface area contributed by atoms with E-state index in [1.54, 1.807) is 18.2 Å².